The van der Waals surface area contributed by atoms with E-state index in [9.17, 15) is 0 Å². The molecule has 1 rings (SSSR count). The summed E-state index contributed by atoms with van der Waals surface area (Å²) in [5.41, 5.74) is 1.38. The second-order valence-electron chi connectivity index (χ2n) is 2.61. The van der Waals surface area contributed by atoms with Gasteiger partial charge in [-0.3, -0.25) is 4.99 Å². The molecule has 56 valence electrons. The third kappa shape index (κ3) is 1.38. The normalized spacial score (nSPS) is 24.9. The zero-order valence-electron chi connectivity index (χ0n) is 6.81. The minimum absolute atomic E-state index is 0.381. The highest BCUT2D eigenvalue weighted by molar-refractivity contribution is 5.81. The molecule has 0 aromatic rings. The molecule has 2 heteroatoms. The fourth-order valence-electron chi connectivity index (χ4n) is 1.13. The van der Waals surface area contributed by atoms with Gasteiger partial charge in [0.1, 0.15) is 0 Å². The van der Waals surface area contributed by atoms with Crippen LogP contribution in [0.5, 0.6) is 0 Å². The molecule has 1 aliphatic rings. The summed E-state index contributed by atoms with van der Waals surface area (Å²) in [6.45, 7) is 6.26. The molecule has 1 atom stereocenters. The molecule has 1 aliphatic heterocycles. The summed E-state index contributed by atoms with van der Waals surface area (Å²) in [5.74, 6) is 1.02. The number of nitrogens with zero attached hydrogens (tertiary/aromatic N) is 1. The molecule has 10 heavy (non-hydrogen) atoms. The Bertz CT molecular complexity index is 180. The summed E-state index contributed by atoms with van der Waals surface area (Å²) in [6.07, 6.45) is 3.15. The molecule has 0 saturated carbocycles. The summed E-state index contributed by atoms with van der Waals surface area (Å²) in [5, 5.41) is 3.10. The predicted molar refractivity (Wildman–Crippen MR) is 44.1 cm³/mol. The maximum absolute atomic E-state index is 4.37. The first-order valence-corrected chi connectivity index (χ1v) is 3.74. The molecule has 2 nitrogen and oxygen atoms in total. The van der Waals surface area contributed by atoms with E-state index in [-0.39, 0.29) is 0 Å². The maximum Gasteiger partial charge on any atom is 0.0978 e. The summed E-state index contributed by atoms with van der Waals surface area (Å²) in [6, 6.07) is 0.381. The number of amidine groups is 1. The van der Waals surface area contributed by atoms with Crippen LogP contribution in [0.1, 0.15) is 27.2 Å². The fraction of sp³-hybridized carbons (Fsp3) is 0.625. The van der Waals surface area contributed by atoms with Gasteiger partial charge in [0, 0.05) is 6.20 Å². The largest absolute Gasteiger partial charge is 0.351 e. The van der Waals surface area contributed by atoms with Gasteiger partial charge in [0.05, 0.1) is 11.9 Å². The van der Waals surface area contributed by atoms with Crippen LogP contribution in [0.25, 0.3) is 0 Å². The zero-order valence-corrected chi connectivity index (χ0v) is 6.81. The van der Waals surface area contributed by atoms with Gasteiger partial charge in [-0.05, 0) is 25.8 Å². The average molecular weight is 138 g/mol. The Morgan fingerprint density at radius 1 is 1.70 bits per heavy atom. The summed E-state index contributed by atoms with van der Waals surface area (Å²) < 4.78 is 0. The molecule has 1 heterocycles. The smallest absolute Gasteiger partial charge is 0.0978 e. The van der Waals surface area contributed by atoms with Crippen LogP contribution in [0.15, 0.2) is 16.8 Å². The van der Waals surface area contributed by atoms with Crippen molar-refractivity contribution in [2.45, 2.75) is 33.2 Å². The van der Waals surface area contributed by atoms with Crippen LogP contribution in [-0.4, -0.2) is 11.9 Å². The van der Waals surface area contributed by atoms with Gasteiger partial charge in [-0.15, -0.1) is 0 Å². The van der Waals surface area contributed by atoms with Crippen LogP contribution in [0.4, 0.5) is 0 Å². The second kappa shape index (κ2) is 2.86. The lowest BCUT2D eigenvalue weighted by Gasteiger charge is -2.17. The predicted octanol–water partition coefficient (Wildman–Crippen LogP) is 1.69. The lowest BCUT2D eigenvalue weighted by Crippen LogP contribution is -2.23. The van der Waals surface area contributed by atoms with Gasteiger partial charge in [0.25, 0.3) is 0 Å². The molecule has 0 saturated heterocycles. The van der Waals surface area contributed by atoms with Gasteiger partial charge in [-0.2, -0.15) is 0 Å². The summed E-state index contributed by atoms with van der Waals surface area (Å²) >= 11 is 0. The molecule has 0 amide bonds. The van der Waals surface area contributed by atoms with Gasteiger partial charge in [0.2, 0.25) is 0 Å². The summed E-state index contributed by atoms with van der Waals surface area (Å²) in [7, 11) is 0. The van der Waals surface area contributed by atoms with Crippen molar-refractivity contribution in [2.24, 2.45) is 4.99 Å². The minimum Gasteiger partial charge on any atom is -0.351 e. The Kier molecular flexibility index (Phi) is 2.10. The van der Waals surface area contributed by atoms with E-state index in [1.165, 1.54) is 5.57 Å². The van der Waals surface area contributed by atoms with Crippen LogP contribution >= 0.6 is 0 Å². The van der Waals surface area contributed by atoms with E-state index in [4.69, 9.17) is 0 Å². The highest BCUT2D eigenvalue weighted by atomic mass is 15.0. The third-order valence-electron chi connectivity index (χ3n) is 1.80. The number of nitrogens with one attached hydrogen (secondary N) is 1. The van der Waals surface area contributed by atoms with Gasteiger partial charge in [0.15, 0.2) is 0 Å². The van der Waals surface area contributed by atoms with E-state index in [1.54, 1.807) is 0 Å². The first-order valence-electron chi connectivity index (χ1n) is 3.74. The van der Waals surface area contributed by atoms with Crippen molar-refractivity contribution >= 4 is 5.84 Å². The van der Waals surface area contributed by atoms with Crippen LogP contribution in [-0.2, 0) is 0 Å². The van der Waals surface area contributed by atoms with Crippen LogP contribution in [0.2, 0.25) is 0 Å². The van der Waals surface area contributed by atoms with Gasteiger partial charge >= 0.3 is 0 Å². The van der Waals surface area contributed by atoms with Gasteiger partial charge < -0.3 is 5.32 Å². The van der Waals surface area contributed by atoms with Crippen molar-refractivity contribution in [3.8, 4) is 0 Å². The van der Waals surface area contributed by atoms with Crippen molar-refractivity contribution in [3.63, 3.8) is 0 Å². The third-order valence-corrected chi connectivity index (χ3v) is 1.80. The molecular weight excluding hydrogens is 124 g/mol. The molecule has 0 bridgehead atoms. The Morgan fingerprint density at radius 2 is 2.40 bits per heavy atom. The van der Waals surface area contributed by atoms with Crippen molar-refractivity contribution in [3.05, 3.63) is 11.8 Å². The lowest BCUT2D eigenvalue weighted by atomic mass is 10.1. The highest BCUT2D eigenvalue weighted by Gasteiger charge is 2.08. The number of rotatable bonds is 1. The average Bonchev–Trinajstić information content (AvgIpc) is 1.88. The zero-order chi connectivity index (χ0) is 7.56. The Balaban J connectivity index is 2.66. The SMILES string of the molecule is CCC1=CNC(C)=NC1C. The number of hydrogen-bond acceptors (Lipinski definition) is 2. The standard InChI is InChI=1S/C8H14N2/c1-4-8-5-9-7(3)10-6(8)2/h5-6H,4H2,1-3H3,(H,9,10). The highest BCUT2D eigenvalue weighted by Crippen LogP contribution is 2.12. The van der Waals surface area contributed by atoms with Crippen molar-refractivity contribution in [1.82, 2.24) is 5.32 Å². The van der Waals surface area contributed by atoms with E-state index in [0.717, 1.165) is 12.3 Å². The Hall–Kier alpha value is -0.790. The molecule has 0 aromatic heterocycles. The van der Waals surface area contributed by atoms with Crippen molar-refractivity contribution in [2.75, 3.05) is 0 Å². The van der Waals surface area contributed by atoms with E-state index in [2.05, 4.69) is 30.4 Å². The molecule has 0 spiro atoms. The minimum atomic E-state index is 0.381. The van der Waals surface area contributed by atoms with E-state index >= 15 is 0 Å². The van der Waals surface area contributed by atoms with Gasteiger partial charge in [-0.1, -0.05) is 6.92 Å². The molecule has 0 aromatic carbocycles. The molecule has 0 aliphatic carbocycles. The second-order valence-corrected chi connectivity index (χ2v) is 2.61. The van der Waals surface area contributed by atoms with E-state index in [0.29, 0.717) is 6.04 Å². The van der Waals surface area contributed by atoms with Crippen LogP contribution < -0.4 is 5.32 Å². The molecule has 0 fully saturated rings. The molecule has 0 radical (unpaired) electrons. The maximum atomic E-state index is 4.37. The van der Waals surface area contributed by atoms with Crippen molar-refractivity contribution in [1.29, 1.82) is 0 Å². The van der Waals surface area contributed by atoms with E-state index in [1.807, 2.05) is 6.92 Å². The van der Waals surface area contributed by atoms with Crippen molar-refractivity contribution < 1.29 is 0 Å². The monoisotopic (exact) mass is 138 g/mol. The first-order chi connectivity index (χ1) is 4.74. The van der Waals surface area contributed by atoms with Crippen LogP contribution in [0.3, 0.4) is 0 Å². The first kappa shape index (κ1) is 7.32. The topological polar surface area (TPSA) is 24.4 Å². The van der Waals surface area contributed by atoms with Crippen LogP contribution in [0, 0.1) is 0 Å². The molecule has 1 N–H and O–H groups in total. The lowest BCUT2D eigenvalue weighted by molar-refractivity contribution is 0.780. The fourth-order valence-corrected chi connectivity index (χ4v) is 1.13. The number of aliphatic imine (C=N–C) groups is 1. The quantitative estimate of drug-likeness (QED) is 0.586. The summed E-state index contributed by atoms with van der Waals surface area (Å²) in [4.78, 5) is 4.37. The van der Waals surface area contributed by atoms with E-state index < -0.39 is 0 Å². The molecular formula is C8H14N2. The molecule has 1 unspecified atom stereocenters. The Labute approximate surface area is 62.0 Å². The Morgan fingerprint density at radius 3 is 2.90 bits per heavy atom. The van der Waals surface area contributed by atoms with Gasteiger partial charge in [-0.25, -0.2) is 0 Å². The number of hydrogen-bond donors (Lipinski definition) is 1.